The number of anilines is 2. The van der Waals surface area contributed by atoms with Crippen molar-refractivity contribution >= 4 is 23.2 Å². The van der Waals surface area contributed by atoms with Gasteiger partial charge < -0.3 is 5.32 Å². The van der Waals surface area contributed by atoms with Crippen LogP contribution in [0.5, 0.6) is 0 Å². The normalized spacial score (nSPS) is 14.9. The van der Waals surface area contributed by atoms with Crippen LogP contribution in [0.4, 0.5) is 11.6 Å². The van der Waals surface area contributed by atoms with E-state index >= 15 is 0 Å². The first-order valence-electron chi connectivity index (χ1n) is 8.62. The number of nitrogens with zero attached hydrogens (tertiary/aromatic N) is 5. The molecule has 3 heterocycles. The third-order valence-corrected chi connectivity index (χ3v) is 5.03. The molecule has 0 unspecified atom stereocenters. The largest absolute Gasteiger partial charge is 0.318 e. The van der Waals surface area contributed by atoms with Crippen LogP contribution in [-0.4, -0.2) is 30.4 Å². The van der Waals surface area contributed by atoms with Crippen molar-refractivity contribution in [3.05, 3.63) is 80.6 Å². The molecular weight excluding hydrogens is 378 g/mol. The average molecular weight is 392 g/mol. The smallest absolute Gasteiger partial charge is 0.288 e. The number of benzene rings is 2. The predicted octanol–water partition coefficient (Wildman–Crippen LogP) is 3.08. The van der Waals surface area contributed by atoms with Crippen LogP contribution in [0.25, 0.3) is 11.3 Å². The molecule has 2 aromatic carbocycles. The van der Waals surface area contributed by atoms with Crippen LogP contribution >= 0.6 is 11.6 Å². The quantitative estimate of drug-likeness (QED) is 0.479. The molecule has 0 radical (unpaired) electrons. The summed E-state index contributed by atoms with van der Waals surface area (Å²) in [5, 5.41) is 22.5. The van der Waals surface area contributed by atoms with Gasteiger partial charge in [-0.3, -0.25) is 4.79 Å². The Morgan fingerprint density at radius 3 is 2.57 bits per heavy atom. The molecule has 0 fully saturated rings. The van der Waals surface area contributed by atoms with E-state index in [2.05, 4.69) is 31.0 Å². The van der Waals surface area contributed by atoms with Crippen molar-refractivity contribution in [2.24, 2.45) is 0 Å². The number of aromatic amines is 1. The van der Waals surface area contributed by atoms with Crippen molar-refractivity contribution in [1.82, 2.24) is 30.4 Å². The number of fused-ring (bicyclic) bond motifs is 2. The molecular formula is C19H14ClN7O. The molecule has 0 amide bonds. The summed E-state index contributed by atoms with van der Waals surface area (Å²) in [5.74, 6) is 0.400. The Bertz CT molecular complexity index is 1230. The second-order valence-electron chi connectivity index (χ2n) is 6.58. The van der Waals surface area contributed by atoms with Crippen molar-refractivity contribution < 1.29 is 0 Å². The van der Waals surface area contributed by atoms with E-state index in [-0.39, 0.29) is 5.56 Å². The maximum absolute atomic E-state index is 12.6. The fraction of sp³-hybridized carbons (Fsp3) is 0.105. The maximum Gasteiger partial charge on any atom is 0.288 e. The summed E-state index contributed by atoms with van der Waals surface area (Å²) in [4.78, 5) is 12.6. The summed E-state index contributed by atoms with van der Waals surface area (Å²) >= 11 is 6.04. The molecule has 1 aliphatic rings. The molecule has 1 aliphatic heterocycles. The number of nitrogens with one attached hydrogen (secondary N) is 2. The minimum Gasteiger partial charge on any atom is -0.318 e. The topological polar surface area (TPSA) is 101 Å². The van der Waals surface area contributed by atoms with E-state index in [4.69, 9.17) is 11.6 Å². The molecule has 4 aromatic rings. The van der Waals surface area contributed by atoms with Crippen LogP contribution in [-0.2, 0) is 0 Å². The lowest BCUT2D eigenvalue weighted by Crippen LogP contribution is -2.29. The third kappa shape index (κ3) is 2.57. The van der Waals surface area contributed by atoms with Gasteiger partial charge in [0.05, 0.1) is 5.69 Å². The van der Waals surface area contributed by atoms with Crippen molar-refractivity contribution in [3.63, 3.8) is 0 Å². The minimum absolute atomic E-state index is 0.334. The number of H-pyrrole nitrogens is 1. The Balaban J connectivity index is 1.81. The minimum atomic E-state index is -0.401. The van der Waals surface area contributed by atoms with Crippen LogP contribution < -0.4 is 10.9 Å². The Labute approximate surface area is 164 Å². The van der Waals surface area contributed by atoms with Gasteiger partial charge in [0.1, 0.15) is 11.7 Å². The van der Waals surface area contributed by atoms with E-state index < -0.39 is 6.04 Å². The van der Waals surface area contributed by atoms with Gasteiger partial charge in [-0.2, -0.15) is 9.78 Å². The highest BCUT2D eigenvalue weighted by molar-refractivity contribution is 6.30. The third-order valence-electron chi connectivity index (χ3n) is 4.78. The molecule has 0 aliphatic carbocycles. The molecule has 1 atom stereocenters. The molecule has 0 spiro atoms. The highest BCUT2D eigenvalue weighted by Gasteiger charge is 2.34. The zero-order valence-electron chi connectivity index (χ0n) is 14.7. The number of hydrogen-bond donors (Lipinski definition) is 2. The van der Waals surface area contributed by atoms with E-state index in [1.54, 1.807) is 16.8 Å². The van der Waals surface area contributed by atoms with Crippen molar-refractivity contribution in [3.8, 4) is 11.3 Å². The molecule has 0 bridgehead atoms. The number of halogens is 1. The lowest BCUT2D eigenvalue weighted by atomic mass is 9.92. The van der Waals surface area contributed by atoms with E-state index in [0.29, 0.717) is 27.9 Å². The predicted molar refractivity (Wildman–Crippen MR) is 105 cm³/mol. The van der Waals surface area contributed by atoms with Crippen molar-refractivity contribution in [1.29, 1.82) is 0 Å². The van der Waals surface area contributed by atoms with E-state index in [1.165, 1.54) is 0 Å². The molecule has 9 heteroatoms. The van der Waals surface area contributed by atoms with Gasteiger partial charge in [-0.1, -0.05) is 58.7 Å². The summed E-state index contributed by atoms with van der Waals surface area (Å²) < 4.78 is 1.66. The average Bonchev–Trinajstić information content (AvgIpc) is 3.17. The molecule has 0 saturated heterocycles. The molecule has 8 nitrogen and oxygen atoms in total. The summed E-state index contributed by atoms with van der Waals surface area (Å²) in [6, 6.07) is 15.0. The van der Waals surface area contributed by atoms with Crippen LogP contribution in [0.2, 0.25) is 5.02 Å². The summed E-state index contributed by atoms with van der Waals surface area (Å²) in [6.07, 6.45) is 0. The fourth-order valence-electron chi connectivity index (χ4n) is 3.42. The maximum atomic E-state index is 12.6. The Hall–Kier alpha value is -3.52. The van der Waals surface area contributed by atoms with Gasteiger partial charge >= 0.3 is 0 Å². The Kier molecular flexibility index (Phi) is 3.73. The van der Waals surface area contributed by atoms with E-state index in [9.17, 15) is 4.79 Å². The summed E-state index contributed by atoms with van der Waals surface area (Å²) in [5.41, 5.74) is 4.29. The first kappa shape index (κ1) is 16.6. The van der Waals surface area contributed by atoms with Crippen LogP contribution in [0, 0.1) is 6.92 Å². The Morgan fingerprint density at radius 2 is 1.82 bits per heavy atom. The van der Waals surface area contributed by atoms with Gasteiger partial charge in [-0.25, -0.2) is 5.10 Å². The number of aromatic nitrogens is 6. The van der Waals surface area contributed by atoms with Crippen LogP contribution in [0.1, 0.15) is 22.7 Å². The monoisotopic (exact) mass is 391 g/mol. The van der Waals surface area contributed by atoms with Gasteiger partial charge in [0, 0.05) is 16.1 Å². The second kappa shape index (κ2) is 6.28. The fourth-order valence-corrected chi connectivity index (χ4v) is 3.55. The molecule has 0 saturated carbocycles. The van der Waals surface area contributed by atoms with E-state index in [1.807, 2.05) is 43.3 Å². The lowest BCUT2D eigenvalue weighted by molar-refractivity contribution is 0.567. The van der Waals surface area contributed by atoms with Crippen LogP contribution in [0.15, 0.2) is 53.3 Å². The molecule has 138 valence electrons. The highest BCUT2D eigenvalue weighted by Crippen LogP contribution is 2.41. The zero-order chi connectivity index (χ0) is 19.3. The SMILES string of the molecule is Cc1ccc([C@@H]2c3c(-c4ccc(Cl)cc4)n[nH]c(=O)c3Nc3nnnn32)cc1. The number of tetrazole rings is 1. The summed E-state index contributed by atoms with van der Waals surface area (Å²) in [7, 11) is 0. The van der Waals surface area contributed by atoms with Gasteiger partial charge in [-0.15, -0.1) is 0 Å². The molecule has 28 heavy (non-hydrogen) atoms. The summed E-state index contributed by atoms with van der Waals surface area (Å²) in [6.45, 7) is 2.02. The first-order valence-corrected chi connectivity index (χ1v) is 8.99. The first-order chi connectivity index (χ1) is 13.6. The second-order valence-corrected chi connectivity index (χ2v) is 7.02. The highest BCUT2D eigenvalue weighted by atomic mass is 35.5. The van der Waals surface area contributed by atoms with Gasteiger partial charge in [0.2, 0.25) is 5.95 Å². The number of hydrogen-bond acceptors (Lipinski definition) is 6. The van der Waals surface area contributed by atoms with Crippen molar-refractivity contribution in [2.45, 2.75) is 13.0 Å². The van der Waals surface area contributed by atoms with Gasteiger partial charge in [0.25, 0.3) is 5.56 Å². The Morgan fingerprint density at radius 1 is 1.07 bits per heavy atom. The lowest BCUT2D eigenvalue weighted by Gasteiger charge is -2.27. The van der Waals surface area contributed by atoms with Crippen molar-refractivity contribution in [2.75, 3.05) is 5.32 Å². The molecule has 5 rings (SSSR count). The standard InChI is InChI=1S/C19H14ClN7O/c1-10-2-4-12(5-3-10)17-14-15(11-6-8-13(20)9-7-11)22-23-18(28)16(14)21-19-24-25-26-27(17)19/h2-9,17H,1H3,(H,23,28)(H,21,24,26)/t17-/m1/s1. The molecule has 2 N–H and O–H groups in total. The van der Waals surface area contributed by atoms with E-state index in [0.717, 1.165) is 16.7 Å². The van der Waals surface area contributed by atoms with Gasteiger partial charge in [0.15, 0.2) is 0 Å². The number of rotatable bonds is 2. The van der Waals surface area contributed by atoms with Crippen LogP contribution in [0.3, 0.4) is 0 Å². The zero-order valence-corrected chi connectivity index (χ0v) is 15.5. The van der Waals surface area contributed by atoms with Gasteiger partial charge in [-0.05, 0) is 35.0 Å². The number of aryl methyl sites for hydroxylation is 1. The molecule has 2 aromatic heterocycles.